The summed E-state index contributed by atoms with van der Waals surface area (Å²) in [5, 5.41) is 9.35. The zero-order chi connectivity index (χ0) is 19.9. The lowest BCUT2D eigenvalue weighted by atomic mass is 10.1. The molecule has 0 bridgehead atoms. The van der Waals surface area contributed by atoms with E-state index in [1.54, 1.807) is 35.6 Å². The second-order valence-electron chi connectivity index (χ2n) is 6.02. The molecular weight excluding hydrogens is 396 g/mol. The van der Waals surface area contributed by atoms with E-state index in [1.807, 2.05) is 22.2 Å². The average Bonchev–Trinajstić information content (AvgIpc) is 3.36. The fourth-order valence-corrected chi connectivity index (χ4v) is 3.90. The summed E-state index contributed by atoms with van der Waals surface area (Å²) >= 11 is 3.06. The SMILES string of the molecule is CC(=O)NCc1ccc(C(=O)COC(=O)Cc2csc(-c3ccsc3)n2)cc1. The molecule has 0 radical (unpaired) electrons. The van der Waals surface area contributed by atoms with Gasteiger partial charge in [-0.25, -0.2) is 4.98 Å². The van der Waals surface area contributed by atoms with Crippen molar-refractivity contribution in [1.82, 2.24) is 10.3 Å². The molecule has 144 valence electrons. The highest BCUT2D eigenvalue weighted by atomic mass is 32.1. The van der Waals surface area contributed by atoms with Crippen LogP contribution in [0.4, 0.5) is 0 Å². The van der Waals surface area contributed by atoms with Crippen LogP contribution < -0.4 is 5.32 Å². The van der Waals surface area contributed by atoms with E-state index < -0.39 is 5.97 Å². The molecule has 1 aromatic carbocycles. The van der Waals surface area contributed by atoms with E-state index in [4.69, 9.17) is 4.74 Å². The fourth-order valence-electron chi connectivity index (χ4n) is 2.37. The maximum Gasteiger partial charge on any atom is 0.312 e. The summed E-state index contributed by atoms with van der Waals surface area (Å²) in [6, 6.07) is 8.80. The van der Waals surface area contributed by atoms with Crippen molar-refractivity contribution in [2.24, 2.45) is 0 Å². The minimum Gasteiger partial charge on any atom is -0.457 e. The minimum absolute atomic E-state index is 0.0313. The van der Waals surface area contributed by atoms with Gasteiger partial charge in [-0.1, -0.05) is 24.3 Å². The number of rotatable bonds is 8. The molecule has 3 rings (SSSR count). The zero-order valence-corrected chi connectivity index (χ0v) is 16.8. The highest BCUT2D eigenvalue weighted by molar-refractivity contribution is 7.14. The second-order valence-corrected chi connectivity index (χ2v) is 7.66. The van der Waals surface area contributed by atoms with Crippen LogP contribution >= 0.6 is 22.7 Å². The van der Waals surface area contributed by atoms with Gasteiger partial charge in [-0.15, -0.1) is 11.3 Å². The standard InChI is InChI=1S/C20H18N2O4S2/c1-13(23)21-9-14-2-4-15(5-3-14)18(24)10-26-19(25)8-17-12-28-20(22-17)16-6-7-27-11-16/h2-7,11-12H,8-10H2,1H3,(H,21,23). The summed E-state index contributed by atoms with van der Waals surface area (Å²) in [6.45, 7) is 1.53. The lowest BCUT2D eigenvalue weighted by Crippen LogP contribution is -2.19. The number of benzene rings is 1. The quantitative estimate of drug-likeness (QED) is 0.451. The number of thiophene rings is 1. The smallest absolute Gasteiger partial charge is 0.312 e. The van der Waals surface area contributed by atoms with Crippen molar-refractivity contribution in [3.63, 3.8) is 0 Å². The number of ketones is 1. The summed E-state index contributed by atoms with van der Waals surface area (Å²) in [6.07, 6.45) is 0.0313. The monoisotopic (exact) mass is 414 g/mol. The van der Waals surface area contributed by atoms with Gasteiger partial charge in [0.15, 0.2) is 12.4 Å². The van der Waals surface area contributed by atoms with Gasteiger partial charge < -0.3 is 10.1 Å². The van der Waals surface area contributed by atoms with Crippen LogP contribution in [0.1, 0.15) is 28.5 Å². The van der Waals surface area contributed by atoms with Crippen molar-refractivity contribution in [2.75, 3.05) is 6.61 Å². The van der Waals surface area contributed by atoms with Gasteiger partial charge in [-0.3, -0.25) is 14.4 Å². The number of hydrogen-bond acceptors (Lipinski definition) is 7. The van der Waals surface area contributed by atoms with Gasteiger partial charge >= 0.3 is 5.97 Å². The number of hydrogen-bond donors (Lipinski definition) is 1. The Hall–Kier alpha value is -2.84. The topological polar surface area (TPSA) is 85.4 Å². The first kappa shape index (κ1) is 19.9. The Morgan fingerprint density at radius 1 is 1.11 bits per heavy atom. The molecule has 2 aromatic heterocycles. The van der Waals surface area contributed by atoms with Crippen LogP contribution in [-0.4, -0.2) is 29.3 Å². The molecule has 0 aliphatic heterocycles. The Morgan fingerprint density at radius 3 is 2.57 bits per heavy atom. The van der Waals surface area contributed by atoms with Crippen molar-refractivity contribution in [1.29, 1.82) is 0 Å². The van der Waals surface area contributed by atoms with E-state index in [-0.39, 0.29) is 24.7 Å². The molecule has 0 aliphatic rings. The molecule has 1 N–H and O–H groups in total. The maximum atomic E-state index is 12.2. The number of aromatic nitrogens is 1. The van der Waals surface area contributed by atoms with Crippen molar-refractivity contribution < 1.29 is 19.1 Å². The van der Waals surface area contributed by atoms with Gasteiger partial charge in [0.1, 0.15) is 5.01 Å². The number of ether oxygens (including phenoxy) is 1. The van der Waals surface area contributed by atoms with Crippen LogP contribution in [0.2, 0.25) is 0 Å². The highest BCUT2D eigenvalue weighted by Crippen LogP contribution is 2.25. The molecule has 1 amide bonds. The van der Waals surface area contributed by atoms with E-state index in [0.717, 1.165) is 16.1 Å². The molecule has 0 saturated carbocycles. The van der Waals surface area contributed by atoms with Gasteiger partial charge in [-0.05, 0) is 17.0 Å². The number of thiazole rings is 1. The molecule has 0 unspecified atom stereocenters. The van der Waals surface area contributed by atoms with Gasteiger partial charge in [0.05, 0.1) is 12.1 Å². The Kier molecular flexibility index (Phi) is 6.67. The van der Waals surface area contributed by atoms with Crippen molar-refractivity contribution in [3.8, 4) is 10.6 Å². The molecule has 0 atom stereocenters. The largest absolute Gasteiger partial charge is 0.457 e. The Morgan fingerprint density at radius 2 is 1.89 bits per heavy atom. The predicted molar refractivity (Wildman–Crippen MR) is 108 cm³/mol. The molecule has 6 nitrogen and oxygen atoms in total. The van der Waals surface area contributed by atoms with Crippen molar-refractivity contribution in [2.45, 2.75) is 19.9 Å². The molecule has 0 saturated heterocycles. The lowest BCUT2D eigenvalue weighted by molar-refractivity contribution is -0.141. The molecule has 28 heavy (non-hydrogen) atoms. The Labute approximate surface area is 170 Å². The third-order valence-corrected chi connectivity index (χ3v) is 5.45. The van der Waals surface area contributed by atoms with Gasteiger partial charge in [0.2, 0.25) is 5.91 Å². The summed E-state index contributed by atoms with van der Waals surface area (Å²) in [5.74, 6) is -0.885. The molecule has 0 fully saturated rings. The van der Waals surface area contributed by atoms with Crippen LogP contribution in [-0.2, 0) is 27.3 Å². The van der Waals surface area contributed by atoms with Gasteiger partial charge in [0.25, 0.3) is 0 Å². The maximum absolute atomic E-state index is 12.2. The van der Waals surface area contributed by atoms with Gasteiger partial charge in [0, 0.05) is 35.4 Å². The number of amides is 1. The molecule has 3 aromatic rings. The first-order valence-electron chi connectivity index (χ1n) is 8.50. The number of Topliss-reactive ketones (excluding diaryl/α,β-unsaturated/α-hetero) is 1. The molecule has 0 spiro atoms. The van der Waals surface area contributed by atoms with E-state index in [1.165, 1.54) is 18.3 Å². The number of carbonyl (C=O) groups excluding carboxylic acids is 3. The average molecular weight is 415 g/mol. The summed E-state index contributed by atoms with van der Waals surface area (Å²) in [5.41, 5.74) is 3.00. The van der Waals surface area contributed by atoms with E-state index in [0.29, 0.717) is 17.8 Å². The fraction of sp³-hybridized carbons (Fsp3) is 0.200. The normalized spacial score (nSPS) is 10.5. The third kappa shape index (κ3) is 5.58. The van der Waals surface area contributed by atoms with Crippen LogP contribution in [0.3, 0.4) is 0 Å². The predicted octanol–water partition coefficient (Wildman–Crippen LogP) is 3.48. The Balaban J connectivity index is 1.47. The van der Waals surface area contributed by atoms with E-state index in [2.05, 4.69) is 10.3 Å². The first-order valence-corrected chi connectivity index (χ1v) is 10.3. The number of nitrogens with one attached hydrogen (secondary N) is 1. The molecular formula is C20H18N2O4S2. The number of esters is 1. The molecule has 8 heteroatoms. The van der Waals surface area contributed by atoms with E-state index >= 15 is 0 Å². The van der Waals surface area contributed by atoms with Crippen LogP contribution in [0, 0.1) is 0 Å². The zero-order valence-electron chi connectivity index (χ0n) is 15.1. The molecule has 2 heterocycles. The van der Waals surface area contributed by atoms with Crippen LogP contribution in [0.15, 0.2) is 46.5 Å². The van der Waals surface area contributed by atoms with Crippen LogP contribution in [0.25, 0.3) is 10.6 Å². The minimum atomic E-state index is -0.488. The van der Waals surface area contributed by atoms with Crippen molar-refractivity contribution >= 4 is 40.3 Å². The summed E-state index contributed by atoms with van der Waals surface area (Å²) in [7, 11) is 0. The Bertz CT molecular complexity index is 963. The third-order valence-electron chi connectivity index (χ3n) is 3.83. The number of nitrogens with zero attached hydrogens (tertiary/aromatic N) is 1. The van der Waals surface area contributed by atoms with Gasteiger partial charge in [-0.2, -0.15) is 11.3 Å². The second kappa shape index (κ2) is 9.38. The summed E-state index contributed by atoms with van der Waals surface area (Å²) < 4.78 is 5.09. The first-order chi connectivity index (χ1) is 13.5. The lowest BCUT2D eigenvalue weighted by Gasteiger charge is -2.05. The van der Waals surface area contributed by atoms with Crippen molar-refractivity contribution in [3.05, 3.63) is 63.3 Å². The van der Waals surface area contributed by atoms with E-state index in [9.17, 15) is 14.4 Å². The highest BCUT2D eigenvalue weighted by Gasteiger charge is 2.13. The molecule has 0 aliphatic carbocycles. The summed E-state index contributed by atoms with van der Waals surface area (Å²) in [4.78, 5) is 39.5. The number of carbonyl (C=O) groups is 3. The van der Waals surface area contributed by atoms with Crippen LogP contribution in [0.5, 0.6) is 0 Å².